The largest absolute Gasteiger partial charge is 0.356 e. The Morgan fingerprint density at radius 3 is 2.69 bits per heavy atom. The Morgan fingerprint density at radius 1 is 1.27 bits per heavy atom. The number of carbonyl (C=O) groups is 1. The van der Waals surface area contributed by atoms with Crippen LogP contribution in [-0.2, 0) is 11.3 Å². The molecule has 0 aliphatic carbocycles. The SMILES string of the molecule is CCCNC(=O)CCn1c(C)nc2c(cnn2-c2ccc(F)cc2)c1=O. The molecule has 3 aromatic rings. The second-order valence-electron chi connectivity index (χ2n) is 5.99. The molecule has 3 rings (SSSR count). The molecule has 1 amide bonds. The molecule has 2 heterocycles. The Labute approximate surface area is 149 Å². The van der Waals surface area contributed by atoms with E-state index in [2.05, 4.69) is 15.4 Å². The molecule has 0 aliphatic rings. The van der Waals surface area contributed by atoms with Crippen molar-refractivity contribution in [3.8, 4) is 5.69 Å². The summed E-state index contributed by atoms with van der Waals surface area (Å²) in [6, 6.07) is 5.79. The Balaban J connectivity index is 1.93. The highest BCUT2D eigenvalue weighted by molar-refractivity contribution is 5.76. The molecule has 0 saturated heterocycles. The Hall–Kier alpha value is -3.03. The lowest BCUT2D eigenvalue weighted by Gasteiger charge is -2.10. The molecule has 0 atom stereocenters. The van der Waals surface area contributed by atoms with Crippen LogP contribution in [0.1, 0.15) is 25.6 Å². The zero-order valence-electron chi connectivity index (χ0n) is 14.7. The first kappa shape index (κ1) is 17.8. The number of nitrogens with one attached hydrogen (secondary N) is 1. The molecular formula is C18H20FN5O2. The fourth-order valence-corrected chi connectivity index (χ4v) is 2.71. The van der Waals surface area contributed by atoms with Crippen LogP contribution < -0.4 is 10.9 Å². The number of rotatable bonds is 6. The van der Waals surface area contributed by atoms with Crippen LogP contribution >= 0.6 is 0 Å². The topological polar surface area (TPSA) is 81.8 Å². The van der Waals surface area contributed by atoms with Gasteiger partial charge in [-0.2, -0.15) is 5.10 Å². The highest BCUT2D eigenvalue weighted by Gasteiger charge is 2.15. The molecule has 136 valence electrons. The number of amides is 1. The van der Waals surface area contributed by atoms with Crippen LogP contribution in [0.15, 0.2) is 35.3 Å². The van der Waals surface area contributed by atoms with Crippen LogP contribution in [0.2, 0.25) is 0 Å². The van der Waals surface area contributed by atoms with Crippen molar-refractivity contribution in [3.63, 3.8) is 0 Å². The van der Waals surface area contributed by atoms with Crippen LogP contribution in [0, 0.1) is 12.7 Å². The molecule has 26 heavy (non-hydrogen) atoms. The van der Waals surface area contributed by atoms with E-state index in [1.807, 2.05) is 6.92 Å². The third kappa shape index (κ3) is 3.49. The third-order valence-corrected chi connectivity index (χ3v) is 4.08. The summed E-state index contributed by atoms with van der Waals surface area (Å²) in [5.41, 5.74) is 0.777. The van der Waals surface area contributed by atoms with Gasteiger partial charge in [0.05, 0.1) is 11.9 Å². The van der Waals surface area contributed by atoms with Crippen LogP contribution in [0.5, 0.6) is 0 Å². The van der Waals surface area contributed by atoms with Gasteiger partial charge >= 0.3 is 0 Å². The molecule has 0 bridgehead atoms. The maximum atomic E-state index is 13.1. The van der Waals surface area contributed by atoms with Crippen molar-refractivity contribution < 1.29 is 9.18 Å². The van der Waals surface area contributed by atoms with Crippen LogP contribution in [-0.4, -0.2) is 31.8 Å². The van der Waals surface area contributed by atoms with Crippen LogP contribution in [0.4, 0.5) is 4.39 Å². The minimum atomic E-state index is -0.349. The minimum Gasteiger partial charge on any atom is -0.356 e. The molecule has 8 heteroatoms. The first-order valence-electron chi connectivity index (χ1n) is 8.49. The number of fused-ring (bicyclic) bond motifs is 1. The van der Waals surface area contributed by atoms with Gasteiger partial charge in [0.2, 0.25) is 5.91 Å². The number of aromatic nitrogens is 4. The second kappa shape index (κ2) is 7.47. The van der Waals surface area contributed by atoms with E-state index in [4.69, 9.17) is 0 Å². The van der Waals surface area contributed by atoms with Gasteiger partial charge in [0.15, 0.2) is 5.65 Å². The van der Waals surface area contributed by atoms with Gasteiger partial charge in [0.1, 0.15) is 17.0 Å². The van der Waals surface area contributed by atoms with E-state index < -0.39 is 0 Å². The lowest BCUT2D eigenvalue weighted by Crippen LogP contribution is -2.29. The molecule has 0 unspecified atom stereocenters. The maximum absolute atomic E-state index is 13.1. The number of aryl methyl sites for hydroxylation is 1. The number of hydrogen-bond acceptors (Lipinski definition) is 4. The van der Waals surface area contributed by atoms with Gasteiger partial charge in [-0.3, -0.25) is 14.2 Å². The van der Waals surface area contributed by atoms with Crippen molar-refractivity contribution in [2.75, 3.05) is 6.54 Å². The molecule has 0 saturated carbocycles. The number of halogens is 1. The molecule has 7 nitrogen and oxygen atoms in total. The van der Waals surface area contributed by atoms with Gasteiger partial charge in [0.25, 0.3) is 5.56 Å². The number of carbonyl (C=O) groups excluding carboxylic acids is 1. The van der Waals surface area contributed by atoms with E-state index in [9.17, 15) is 14.0 Å². The molecule has 1 aromatic carbocycles. The summed E-state index contributed by atoms with van der Waals surface area (Å²) in [5, 5.41) is 7.36. The summed E-state index contributed by atoms with van der Waals surface area (Å²) in [4.78, 5) is 29.0. The van der Waals surface area contributed by atoms with Crippen LogP contribution in [0.25, 0.3) is 16.7 Å². The predicted octanol–water partition coefficient (Wildman–Crippen LogP) is 1.95. The highest BCUT2D eigenvalue weighted by Crippen LogP contribution is 2.15. The second-order valence-corrected chi connectivity index (χ2v) is 5.99. The number of benzene rings is 1. The Kier molecular flexibility index (Phi) is 5.11. The van der Waals surface area contributed by atoms with Crippen molar-refractivity contribution in [3.05, 3.63) is 52.5 Å². The first-order valence-corrected chi connectivity index (χ1v) is 8.49. The third-order valence-electron chi connectivity index (χ3n) is 4.08. The number of nitrogens with zero attached hydrogens (tertiary/aromatic N) is 4. The van der Waals surface area contributed by atoms with Gasteiger partial charge in [-0.15, -0.1) is 0 Å². The fourth-order valence-electron chi connectivity index (χ4n) is 2.71. The summed E-state index contributed by atoms with van der Waals surface area (Å²) in [6.45, 7) is 4.57. The minimum absolute atomic E-state index is 0.0970. The van der Waals surface area contributed by atoms with E-state index in [0.29, 0.717) is 29.1 Å². The lowest BCUT2D eigenvalue weighted by molar-refractivity contribution is -0.121. The summed E-state index contributed by atoms with van der Waals surface area (Å²) in [5.74, 6) is 0.0490. The zero-order chi connectivity index (χ0) is 18.7. The van der Waals surface area contributed by atoms with E-state index in [-0.39, 0.29) is 30.2 Å². The van der Waals surface area contributed by atoms with Crippen molar-refractivity contribution in [2.45, 2.75) is 33.2 Å². The quantitative estimate of drug-likeness (QED) is 0.731. The Bertz CT molecular complexity index is 991. The zero-order valence-corrected chi connectivity index (χ0v) is 14.7. The molecule has 0 fully saturated rings. The number of hydrogen-bond donors (Lipinski definition) is 1. The summed E-state index contributed by atoms with van der Waals surface area (Å²) < 4.78 is 16.1. The van der Waals surface area contributed by atoms with E-state index >= 15 is 0 Å². The maximum Gasteiger partial charge on any atom is 0.264 e. The average Bonchev–Trinajstić information content (AvgIpc) is 3.04. The Morgan fingerprint density at radius 2 is 2.00 bits per heavy atom. The predicted molar refractivity (Wildman–Crippen MR) is 95.7 cm³/mol. The normalized spacial score (nSPS) is 11.0. The van der Waals surface area contributed by atoms with Crippen molar-refractivity contribution in [1.82, 2.24) is 24.6 Å². The van der Waals surface area contributed by atoms with Gasteiger partial charge in [-0.25, -0.2) is 14.1 Å². The first-order chi connectivity index (χ1) is 12.5. The monoisotopic (exact) mass is 357 g/mol. The van der Waals surface area contributed by atoms with Gasteiger partial charge < -0.3 is 5.32 Å². The summed E-state index contributed by atoms with van der Waals surface area (Å²) in [6.07, 6.45) is 2.52. The molecule has 0 spiro atoms. The smallest absolute Gasteiger partial charge is 0.264 e. The molecule has 0 aliphatic heterocycles. The molecular weight excluding hydrogens is 337 g/mol. The van der Waals surface area contributed by atoms with Crippen molar-refractivity contribution in [2.24, 2.45) is 0 Å². The standard InChI is InChI=1S/C18H20FN5O2/c1-3-9-20-16(25)8-10-23-12(2)22-17-15(18(23)26)11-21-24(17)14-6-4-13(19)5-7-14/h4-7,11H,3,8-10H2,1-2H3,(H,20,25). The summed E-state index contributed by atoms with van der Waals surface area (Å²) in [7, 11) is 0. The van der Waals surface area contributed by atoms with E-state index in [1.54, 1.807) is 19.1 Å². The molecule has 1 N–H and O–H groups in total. The van der Waals surface area contributed by atoms with Gasteiger partial charge in [0, 0.05) is 19.5 Å². The lowest BCUT2D eigenvalue weighted by atomic mass is 10.3. The van der Waals surface area contributed by atoms with Crippen molar-refractivity contribution >= 4 is 16.9 Å². The average molecular weight is 357 g/mol. The van der Waals surface area contributed by atoms with E-state index in [1.165, 1.54) is 27.6 Å². The highest BCUT2D eigenvalue weighted by atomic mass is 19.1. The molecule has 2 aromatic heterocycles. The van der Waals surface area contributed by atoms with Gasteiger partial charge in [-0.1, -0.05) is 6.92 Å². The fraction of sp³-hybridized carbons (Fsp3) is 0.333. The van der Waals surface area contributed by atoms with E-state index in [0.717, 1.165) is 6.42 Å². The van der Waals surface area contributed by atoms with Gasteiger partial charge in [-0.05, 0) is 37.6 Å². The molecule has 0 radical (unpaired) electrons. The summed E-state index contributed by atoms with van der Waals surface area (Å²) >= 11 is 0. The van der Waals surface area contributed by atoms with Crippen LogP contribution in [0.3, 0.4) is 0 Å². The van der Waals surface area contributed by atoms with Crippen molar-refractivity contribution in [1.29, 1.82) is 0 Å².